The van der Waals surface area contributed by atoms with Crippen LogP contribution in [0.1, 0.15) is 58.9 Å². The van der Waals surface area contributed by atoms with E-state index in [0.29, 0.717) is 35.8 Å². The molecule has 1 aliphatic rings. The molecule has 0 aliphatic heterocycles. The lowest BCUT2D eigenvalue weighted by Crippen LogP contribution is -2.51. The number of aliphatic hydroxyl groups excluding tert-OH is 2. The van der Waals surface area contributed by atoms with Crippen LogP contribution in [0.25, 0.3) is 0 Å². The maximum Gasteiger partial charge on any atom is 0.255 e. The quantitative estimate of drug-likeness (QED) is 0.373. The van der Waals surface area contributed by atoms with Crippen LogP contribution in [0.2, 0.25) is 0 Å². The van der Waals surface area contributed by atoms with E-state index in [0.717, 1.165) is 12.1 Å². The van der Waals surface area contributed by atoms with E-state index in [1.165, 1.54) is 36.5 Å². The summed E-state index contributed by atoms with van der Waals surface area (Å²) in [6.45, 7) is -0.755. The van der Waals surface area contributed by atoms with Gasteiger partial charge in [0.15, 0.2) is 0 Å². The van der Waals surface area contributed by atoms with Gasteiger partial charge >= 0.3 is 0 Å². The number of nitrogens with two attached hydrogens (primary N) is 1. The van der Waals surface area contributed by atoms with Crippen LogP contribution >= 0.6 is 15.9 Å². The number of hydrogen-bond donors (Lipinski definition) is 4. The zero-order chi connectivity index (χ0) is 25.2. The summed E-state index contributed by atoms with van der Waals surface area (Å²) in [6.07, 6.45) is 3.74. The molecule has 0 saturated heterocycles. The van der Waals surface area contributed by atoms with Gasteiger partial charge in [-0.25, -0.2) is 18.7 Å². The van der Waals surface area contributed by atoms with Crippen molar-refractivity contribution in [2.24, 2.45) is 0 Å². The van der Waals surface area contributed by atoms with Crippen LogP contribution < -0.4 is 11.1 Å². The molecule has 0 radical (unpaired) electrons. The molecule has 1 heterocycles. The highest BCUT2D eigenvalue weighted by molar-refractivity contribution is 9.10. The molecule has 1 atom stereocenters. The number of nitrogens with zero attached hydrogens (tertiary/aromatic N) is 2. The van der Waals surface area contributed by atoms with Crippen molar-refractivity contribution in [3.8, 4) is 0 Å². The molecule has 1 saturated carbocycles. The third kappa shape index (κ3) is 5.19. The van der Waals surface area contributed by atoms with Gasteiger partial charge in [-0.05, 0) is 61.6 Å². The molecule has 0 spiro atoms. The molecule has 7 nitrogen and oxygen atoms in total. The second-order valence-corrected chi connectivity index (χ2v) is 9.61. The van der Waals surface area contributed by atoms with Crippen molar-refractivity contribution in [3.63, 3.8) is 0 Å². The first-order valence-electron chi connectivity index (χ1n) is 11.2. The maximum absolute atomic E-state index is 14.5. The average Bonchev–Trinajstić information content (AvgIpc) is 2.83. The summed E-state index contributed by atoms with van der Waals surface area (Å²) in [5.41, 5.74) is 4.86. The van der Waals surface area contributed by atoms with Crippen LogP contribution in [0.3, 0.4) is 0 Å². The van der Waals surface area contributed by atoms with Crippen molar-refractivity contribution in [3.05, 3.63) is 87.3 Å². The van der Waals surface area contributed by atoms with Gasteiger partial charge in [-0.3, -0.25) is 4.79 Å². The number of rotatable bonds is 6. The molecule has 184 valence electrons. The van der Waals surface area contributed by atoms with Crippen molar-refractivity contribution in [1.29, 1.82) is 0 Å². The van der Waals surface area contributed by atoms with Gasteiger partial charge in [0.2, 0.25) is 0 Å². The first-order valence-corrected chi connectivity index (χ1v) is 12.0. The van der Waals surface area contributed by atoms with Gasteiger partial charge in [0.1, 0.15) is 28.7 Å². The van der Waals surface area contributed by atoms with Gasteiger partial charge in [0.25, 0.3) is 5.91 Å². The summed E-state index contributed by atoms with van der Waals surface area (Å²) < 4.78 is 29.2. The fourth-order valence-corrected chi connectivity index (χ4v) is 4.94. The predicted octanol–water partition coefficient (Wildman–Crippen LogP) is 3.78. The molecule has 0 unspecified atom stereocenters. The van der Waals surface area contributed by atoms with Gasteiger partial charge < -0.3 is 21.3 Å². The van der Waals surface area contributed by atoms with E-state index in [2.05, 4.69) is 26.2 Å². The highest BCUT2D eigenvalue weighted by atomic mass is 79.9. The SMILES string of the molecule is Nc1ncc(C2CCC(O)CC2)nc1[C@@](CO)(NC(=O)c1ccccc1F)c1cc(F)cc(Br)c1. The number of benzene rings is 2. The Labute approximate surface area is 209 Å². The van der Waals surface area contributed by atoms with Crippen LogP contribution in [-0.4, -0.2) is 38.8 Å². The molecule has 5 N–H and O–H groups in total. The Balaban J connectivity index is 1.86. The molecule has 4 rings (SSSR count). The van der Waals surface area contributed by atoms with E-state index >= 15 is 0 Å². The monoisotopic (exact) mass is 546 g/mol. The third-order valence-electron chi connectivity index (χ3n) is 6.38. The largest absolute Gasteiger partial charge is 0.393 e. The topological polar surface area (TPSA) is 121 Å². The summed E-state index contributed by atoms with van der Waals surface area (Å²) in [7, 11) is 0. The van der Waals surface area contributed by atoms with E-state index in [9.17, 15) is 23.8 Å². The molecule has 1 amide bonds. The first kappa shape index (κ1) is 25.2. The van der Waals surface area contributed by atoms with Crippen LogP contribution in [0.4, 0.5) is 14.6 Å². The Morgan fingerprint density at radius 2 is 1.89 bits per heavy atom. The molecule has 1 aliphatic carbocycles. The molecule has 10 heteroatoms. The number of amides is 1. The fraction of sp³-hybridized carbons (Fsp3) is 0.320. The Hall–Kier alpha value is -2.95. The highest BCUT2D eigenvalue weighted by Crippen LogP contribution is 2.37. The summed E-state index contributed by atoms with van der Waals surface area (Å²) in [5.74, 6) is -2.32. The number of aliphatic hydroxyl groups is 2. The molecular weight excluding hydrogens is 522 g/mol. The average molecular weight is 547 g/mol. The molecule has 0 bridgehead atoms. The summed E-state index contributed by atoms with van der Waals surface area (Å²) in [5, 5.41) is 23.2. The zero-order valence-electron chi connectivity index (χ0n) is 18.7. The van der Waals surface area contributed by atoms with Crippen molar-refractivity contribution >= 4 is 27.7 Å². The fourth-order valence-electron chi connectivity index (χ4n) is 4.47. The van der Waals surface area contributed by atoms with Crippen LogP contribution in [0, 0.1) is 11.6 Å². The summed E-state index contributed by atoms with van der Waals surface area (Å²) in [4.78, 5) is 22.2. The second kappa shape index (κ2) is 10.3. The van der Waals surface area contributed by atoms with Crippen molar-refractivity contribution in [2.45, 2.75) is 43.2 Å². The van der Waals surface area contributed by atoms with E-state index < -0.39 is 29.7 Å². The molecule has 1 aromatic heterocycles. The van der Waals surface area contributed by atoms with Gasteiger partial charge in [0, 0.05) is 10.4 Å². The van der Waals surface area contributed by atoms with Crippen LogP contribution in [0.5, 0.6) is 0 Å². The smallest absolute Gasteiger partial charge is 0.255 e. The number of nitrogen functional groups attached to an aromatic ring is 1. The van der Waals surface area contributed by atoms with Crippen molar-refractivity contribution < 1.29 is 23.8 Å². The number of hydrogen-bond acceptors (Lipinski definition) is 6. The van der Waals surface area contributed by atoms with Gasteiger partial charge in [-0.2, -0.15) is 0 Å². The Bertz CT molecular complexity index is 1220. The predicted molar refractivity (Wildman–Crippen MR) is 129 cm³/mol. The van der Waals surface area contributed by atoms with Crippen molar-refractivity contribution in [2.75, 3.05) is 12.3 Å². The normalized spacial score (nSPS) is 19.7. The Kier molecular flexibility index (Phi) is 7.44. The number of carbonyl (C=O) groups is 1. The molecule has 2 aromatic carbocycles. The first-order chi connectivity index (χ1) is 16.7. The third-order valence-corrected chi connectivity index (χ3v) is 6.83. The minimum absolute atomic E-state index is 0.0110. The van der Waals surface area contributed by atoms with Crippen LogP contribution in [0.15, 0.2) is 53.1 Å². The molecule has 35 heavy (non-hydrogen) atoms. The van der Waals surface area contributed by atoms with E-state index in [4.69, 9.17) is 10.7 Å². The standard InChI is InChI=1S/C25H25BrF2N4O3/c26-16-9-15(10-17(27)11-16)25(13-33,32-24(35)19-3-1-2-4-20(19)28)22-23(29)30-12-21(31-22)14-5-7-18(34)8-6-14/h1-4,9-12,14,18,33-34H,5-8,13H2,(H2,29,30)(H,32,35)/t14?,18?,25-/m0/s1. The number of carbonyl (C=O) groups excluding carboxylic acids is 1. The molecular formula is C25H25BrF2N4O3. The highest BCUT2D eigenvalue weighted by Gasteiger charge is 2.41. The number of halogens is 3. The minimum atomic E-state index is -1.83. The van der Waals surface area contributed by atoms with Gasteiger partial charge in [0.05, 0.1) is 30.2 Å². The van der Waals surface area contributed by atoms with Crippen LogP contribution in [-0.2, 0) is 5.54 Å². The van der Waals surface area contributed by atoms with E-state index in [1.54, 1.807) is 0 Å². The molecule has 3 aromatic rings. The van der Waals surface area contributed by atoms with E-state index in [-0.39, 0.29) is 34.7 Å². The molecule has 1 fully saturated rings. The van der Waals surface area contributed by atoms with E-state index in [1.807, 2.05) is 0 Å². The lowest BCUT2D eigenvalue weighted by Gasteiger charge is -2.35. The zero-order valence-corrected chi connectivity index (χ0v) is 20.3. The second-order valence-electron chi connectivity index (χ2n) is 8.69. The van der Waals surface area contributed by atoms with Gasteiger partial charge in [-0.1, -0.05) is 28.1 Å². The Morgan fingerprint density at radius 1 is 1.17 bits per heavy atom. The number of anilines is 1. The number of nitrogens with one attached hydrogen (secondary N) is 1. The lowest BCUT2D eigenvalue weighted by molar-refractivity contribution is 0.0860. The maximum atomic E-state index is 14.5. The lowest BCUT2D eigenvalue weighted by atomic mass is 9.83. The summed E-state index contributed by atoms with van der Waals surface area (Å²) >= 11 is 3.25. The number of aromatic nitrogens is 2. The Morgan fingerprint density at radius 3 is 2.54 bits per heavy atom. The van der Waals surface area contributed by atoms with Gasteiger partial charge in [-0.15, -0.1) is 0 Å². The summed E-state index contributed by atoms with van der Waals surface area (Å²) in [6, 6.07) is 9.28. The minimum Gasteiger partial charge on any atom is -0.393 e. The van der Waals surface area contributed by atoms with Crippen molar-refractivity contribution in [1.82, 2.24) is 15.3 Å².